The van der Waals surface area contributed by atoms with E-state index in [1.54, 1.807) is 0 Å². The van der Waals surface area contributed by atoms with Gasteiger partial charge in [-0.25, -0.2) is 0 Å². The Hall–Kier alpha value is -1.12. The summed E-state index contributed by atoms with van der Waals surface area (Å²) in [4.78, 5) is 2.50. The molecule has 0 bridgehead atoms. The Bertz CT molecular complexity index is 359. The van der Waals surface area contributed by atoms with Crippen molar-refractivity contribution in [2.24, 2.45) is 0 Å². The van der Waals surface area contributed by atoms with Crippen LogP contribution in [-0.2, 0) is 0 Å². The van der Waals surface area contributed by atoms with E-state index in [2.05, 4.69) is 41.3 Å². The van der Waals surface area contributed by atoms with E-state index in [1.807, 2.05) is 6.07 Å². The fourth-order valence-corrected chi connectivity index (χ4v) is 2.66. The molecule has 1 aliphatic heterocycles. The van der Waals surface area contributed by atoms with Gasteiger partial charge < -0.3 is 5.11 Å². The summed E-state index contributed by atoms with van der Waals surface area (Å²) in [5.41, 5.74) is 1.26. The SMILES string of the molecule is OCC[C@H]1CCCCN1C/C=C/c1ccccc1. The van der Waals surface area contributed by atoms with E-state index in [-0.39, 0.29) is 0 Å². The minimum atomic E-state index is 0.309. The predicted molar refractivity (Wildman–Crippen MR) is 76.4 cm³/mol. The minimum Gasteiger partial charge on any atom is -0.396 e. The molecule has 1 aromatic carbocycles. The van der Waals surface area contributed by atoms with E-state index in [4.69, 9.17) is 5.11 Å². The first-order valence-corrected chi connectivity index (χ1v) is 6.96. The molecule has 1 saturated heterocycles. The number of likely N-dealkylation sites (tertiary alicyclic amines) is 1. The second-order valence-corrected chi connectivity index (χ2v) is 4.97. The number of benzene rings is 1. The topological polar surface area (TPSA) is 23.5 Å². The monoisotopic (exact) mass is 245 g/mol. The molecule has 0 spiro atoms. The minimum absolute atomic E-state index is 0.309. The van der Waals surface area contributed by atoms with Crippen LogP contribution in [0.15, 0.2) is 36.4 Å². The Balaban J connectivity index is 1.86. The molecular formula is C16H23NO. The molecule has 1 aliphatic rings. The van der Waals surface area contributed by atoms with Gasteiger partial charge in [0.05, 0.1) is 0 Å². The number of hydrogen-bond donors (Lipinski definition) is 1. The Morgan fingerprint density at radius 2 is 2.06 bits per heavy atom. The van der Waals surface area contributed by atoms with Gasteiger partial charge in [-0.2, -0.15) is 0 Å². The number of nitrogens with zero attached hydrogens (tertiary/aromatic N) is 1. The zero-order valence-corrected chi connectivity index (χ0v) is 11.0. The van der Waals surface area contributed by atoms with Crippen molar-refractivity contribution in [3.8, 4) is 0 Å². The van der Waals surface area contributed by atoms with Crippen LogP contribution in [0, 0.1) is 0 Å². The first-order chi connectivity index (χ1) is 8.90. The molecule has 2 rings (SSSR count). The molecule has 1 aromatic rings. The van der Waals surface area contributed by atoms with Gasteiger partial charge in [0.2, 0.25) is 0 Å². The molecule has 1 N–H and O–H groups in total. The lowest BCUT2D eigenvalue weighted by Crippen LogP contribution is -2.40. The Morgan fingerprint density at radius 1 is 1.22 bits per heavy atom. The number of aliphatic hydroxyl groups is 1. The fourth-order valence-electron chi connectivity index (χ4n) is 2.66. The van der Waals surface area contributed by atoms with Gasteiger partial charge in [0.15, 0.2) is 0 Å². The molecule has 0 saturated carbocycles. The summed E-state index contributed by atoms with van der Waals surface area (Å²) >= 11 is 0. The van der Waals surface area contributed by atoms with Crippen LogP contribution in [0.2, 0.25) is 0 Å². The molecule has 0 radical (unpaired) electrons. The fraction of sp³-hybridized carbons (Fsp3) is 0.500. The van der Waals surface area contributed by atoms with Crippen LogP contribution in [0.4, 0.5) is 0 Å². The maximum atomic E-state index is 9.10. The highest BCUT2D eigenvalue weighted by atomic mass is 16.3. The first-order valence-electron chi connectivity index (χ1n) is 6.96. The van der Waals surface area contributed by atoms with Gasteiger partial charge >= 0.3 is 0 Å². The van der Waals surface area contributed by atoms with Crippen molar-refractivity contribution in [1.29, 1.82) is 0 Å². The van der Waals surface area contributed by atoms with Crippen LogP contribution in [0.1, 0.15) is 31.2 Å². The molecular weight excluding hydrogens is 222 g/mol. The number of aliphatic hydroxyl groups excluding tert-OH is 1. The molecule has 1 heterocycles. The highest BCUT2D eigenvalue weighted by Gasteiger charge is 2.20. The van der Waals surface area contributed by atoms with Gasteiger partial charge in [-0.15, -0.1) is 0 Å². The Labute approximate surface area is 110 Å². The second kappa shape index (κ2) is 7.34. The molecule has 1 atom stereocenters. The van der Waals surface area contributed by atoms with Crippen molar-refractivity contribution in [2.45, 2.75) is 31.7 Å². The molecule has 0 aliphatic carbocycles. The van der Waals surface area contributed by atoms with Crippen LogP contribution < -0.4 is 0 Å². The lowest BCUT2D eigenvalue weighted by Gasteiger charge is -2.34. The van der Waals surface area contributed by atoms with E-state index < -0.39 is 0 Å². The summed E-state index contributed by atoms with van der Waals surface area (Å²) in [5.74, 6) is 0. The van der Waals surface area contributed by atoms with E-state index in [0.29, 0.717) is 12.6 Å². The summed E-state index contributed by atoms with van der Waals surface area (Å²) in [6.45, 7) is 2.48. The average molecular weight is 245 g/mol. The molecule has 2 heteroatoms. The van der Waals surface area contributed by atoms with Crippen LogP contribution in [-0.4, -0.2) is 35.7 Å². The van der Waals surface area contributed by atoms with E-state index in [1.165, 1.54) is 31.4 Å². The summed E-state index contributed by atoms with van der Waals surface area (Å²) in [6, 6.07) is 11.0. The largest absolute Gasteiger partial charge is 0.396 e. The van der Waals surface area contributed by atoms with Gasteiger partial charge in [-0.05, 0) is 31.4 Å². The second-order valence-electron chi connectivity index (χ2n) is 4.97. The van der Waals surface area contributed by atoms with Crippen LogP contribution >= 0.6 is 0 Å². The highest BCUT2D eigenvalue weighted by Crippen LogP contribution is 2.19. The van der Waals surface area contributed by atoms with Crippen LogP contribution in [0.25, 0.3) is 6.08 Å². The predicted octanol–water partition coefficient (Wildman–Crippen LogP) is 2.94. The quantitative estimate of drug-likeness (QED) is 0.862. The highest BCUT2D eigenvalue weighted by molar-refractivity contribution is 5.48. The molecule has 0 aromatic heterocycles. The van der Waals surface area contributed by atoms with Crippen molar-refractivity contribution in [2.75, 3.05) is 19.7 Å². The summed E-state index contributed by atoms with van der Waals surface area (Å²) in [7, 11) is 0. The lowest BCUT2D eigenvalue weighted by molar-refractivity contribution is 0.132. The third kappa shape index (κ3) is 3.97. The molecule has 0 amide bonds. The van der Waals surface area contributed by atoms with Crippen molar-refractivity contribution >= 4 is 6.08 Å². The maximum Gasteiger partial charge on any atom is 0.0445 e. The van der Waals surface area contributed by atoms with E-state index >= 15 is 0 Å². The van der Waals surface area contributed by atoms with Crippen molar-refractivity contribution in [3.05, 3.63) is 42.0 Å². The van der Waals surface area contributed by atoms with E-state index in [9.17, 15) is 0 Å². The summed E-state index contributed by atoms with van der Waals surface area (Å²) in [6.07, 6.45) is 9.18. The molecule has 98 valence electrons. The number of hydrogen-bond acceptors (Lipinski definition) is 2. The van der Waals surface area contributed by atoms with Crippen molar-refractivity contribution in [3.63, 3.8) is 0 Å². The molecule has 1 fully saturated rings. The zero-order valence-electron chi connectivity index (χ0n) is 11.0. The van der Waals surface area contributed by atoms with Crippen molar-refractivity contribution in [1.82, 2.24) is 4.90 Å². The molecule has 18 heavy (non-hydrogen) atoms. The van der Waals surface area contributed by atoms with Gasteiger partial charge in [0, 0.05) is 19.2 Å². The maximum absolute atomic E-state index is 9.10. The smallest absolute Gasteiger partial charge is 0.0445 e. The first kappa shape index (κ1) is 13.3. The van der Waals surface area contributed by atoms with Crippen LogP contribution in [0.5, 0.6) is 0 Å². The summed E-state index contributed by atoms with van der Waals surface area (Å²) < 4.78 is 0. The Kier molecular flexibility index (Phi) is 5.43. The van der Waals surface area contributed by atoms with E-state index in [0.717, 1.165) is 13.0 Å². The van der Waals surface area contributed by atoms with Gasteiger partial charge in [-0.1, -0.05) is 48.9 Å². The van der Waals surface area contributed by atoms with Crippen LogP contribution in [0.3, 0.4) is 0 Å². The van der Waals surface area contributed by atoms with Crippen molar-refractivity contribution < 1.29 is 5.11 Å². The van der Waals surface area contributed by atoms with Gasteiger partial charge in [-0.3, -0.25) is 4.90 Å². The van der Waals surface area contributed by atoms with Gasteiger partial charge in [0.25, 0.3) is 0 Å². The summed E-state index contributed by atoms with van der Waals surface area (Å²) in [5, 5.41) is 9.10. The number of piperidine rings is 1. The molecule has 2 nitrogen and oxygen atoms in total. The standard InChI is InChI=1S/C16H23NO/c18-14-11-16-10-4-5-12-17(16)13-6-9-15-7-2-1-3-8-15/h1-3,6-9,16,18H,4-5,10-14H2/b9-6+/t16-/m1/s1. The lowest BCUT2D eigenvalue weighted by atomic mass is 9.99. The average Bonchev–Trinajstić information content (AvgIpc) is 2.42. The molecule has 0 unspecified atom stereocenters. The van der Waals surface area contributed by atoms with Gasteiger partial charge in [0.1, 0.15) is 0 Å². The zero-order chi connectivity index (χ0) is 12.6. The third-order valence-corrected chi connectivity index (χ3v) is 3.66. The third-order valence-electron chi connectivity index (χ3n) is 3.66. The number of rotatable bonds is 5. The Morgan fingerprint density at radius 3 is 2.83 bits per heavy atom. The normalized spacial score (nSPS) is 21.5.